The minimum Gasteiger partial charge on any atom is -0.307 e. The standard InChI is InChI=1S/C29H32N4O/c1-2-28(34)33(23-10-9-15-30-22-23)17-8-7-16-31-18-20-32(21-19-31)29-26-13-5-3-11-24(26)25-12-4-6-14-27(25)29/h2-6,9-15,22,29H,1,7-8,16-21H2. The second-order valence-electron chi connectivity index (χ2n) is 9.07. The van der Waals surface area contributed by atoms with E-state index in [2.05, 4.69) is 69.9 Å². The molecule has 1 saturated heterocycles. The molecule has 5 heteroatoms. The molecular weight excluding hydrogens is 420 g/mol. The van der Waals surface area contributed by atoms with Crippen molar-refractivity contribution in [3.8, 4) is 11.1 Å². The molecule has 2 aliphatic rings. The monoisotopic (exact) mass is 452 g/mol. The Balaban J connectivity index is 1.14. The number of pyridine rings is 1. The van der Waals surface area contributed by atoms with Crippen molar-refractivity contribution in [3.63, 3.8) is 0 Å². The number of hydrogen-bond acceptors (Lipinski definition) is 4. The summed E-state index contributed by atoms with van der Waals surface area (Å²) >= 11 is 0. The first-order valence-electron chi connectivity index (χ1n) is 12.2. The summed E-state index contributed by atoms with van der Waals surface area (Å²) in [5.74, 6) is -0.0706. The van der Waals surface area contributed by atoms with Crippen molar-refractivity contribution >= 4 is 11.6 Å². The highest BCUT2D eigenvalue weighted by atomic mass is 16.2. The molecule has 0 bridgehead atoms. The molecule has 0 saturated carbocycles. The van der Waals surface area contributed by atoms with Gasteiger partial charge in [0.1, 0.15) is 0 Å². The summed E-state index contributed by atoms with van der Waals surface area (Å²) < 4.78 is 0. The van der Waals surface area contributed by atoms with Gasteiger partial charge in [-0.1, -0.05) is 55.1 Å². The second kappa shape index (κ2) is 10.3. The Hall–Kier alpha value is -3.28. The van der Waals surface area contributed by atoms with Crippen LogP contribution in [0.1, 0.15) is 30.0 Å². The second-order valence-corrected chi connectivity index (χ2v) is 9.07. The van der Waals surface area contributed by atoms with E-state index >= 15 is 0 Å². The zero-order valence-corrected chi connectivity index (χ0v) is 19.6. The predicted molar refractivity (Wildman–Crippen MR) is 138 cm³/mol. The molecular formula is C29H32N4O. The van der Waals surface area contributed by atoms with Gasteiger partial charge >= 0.3 is 0 Å². The highest BCUT2D eigenvalue weighted by molar-refractivity contribution is 6.00. The minimum absolute atomic E-state index is 0.0706. The van der Waals surface area contributed by atoms with Crippen molar-refractivity contribution in [2.24, 2.45) is 0 Å². The molecule has 0 atom stereocenters. The Morgan fingerprint density at radius 3 is 2.24 bits per heavy atom. The fraction of sp³-hybridized carbons (Fsp3) is 0.310. The summed E-state index contributed by atoms with van der Waals surface area (Å²) in [5.41, 5.74) is 6.49. The number of carbonyl (C=O) groups excluding carboxylic acids is 1. The summed E-state index contributed by atoms with van der Waals surface area (Å²) in [4.78, 5) is 23.4. The van der Waals surface area contributed by atoms with Crippen molar-refractivity contribution in [2.75, 3.05) is 44.2 Å². The van der Waals surface area contributed by atoms with Crippen LogP contribution in [0.25, 0.3) is 11.1 Å². The molecule has 3 aromatic rings. The van der Waals surface area contributed by atoms with Gasteiger partial charge in [0.05, 0.1) is 17.9 Å². The van der Waals surface area contributed by atoms with Crippen LogP contribution < -0.4 is 4.90 Å². The lowest BCUT2D eigenvalue weighted by Crippen LogP contribution is -2.47. The van der Waals surface area contributed by atoms with Crippen LogP contribution in [0.4, 0.5) is 5.69 Å². The van der Waals surface area contributed by atoms with Crippen LogP contribution in [0.15, 0.2) is 85.7 Å². The SMILES string of the molecule is C=CC(=O)N(CCCCN1CCN(C2c3ccccc3-c3ccccc32)CC1)c1cccnc1. The van der Waals surface area contributed by atoms with Crippen LogP contribution in [0.3, 0.4) is 0 Å². The molecule has 1 amide bonds. The molecule has 5 nitrogen and oxygen atoms in total. The summed E-state index contributed by atoms with van der Waals surface area (Å²) in [6.45, 7) is 9.71. The van der Waals surface area contributed by atoms with Gasteiger partial charge in [-0.2, -0.15) is 0 Å². The van der Waals surface area contributed by atoms with E-state index in [9.17, 15) is 4.79 Å². The van der Waals surface area contributed by atoms with E-state index < -0.39 is 0 Å². The molecule has 0 N–H and O–H groups in total. The van der Waals surface area contributed by atoms with E-state index in [1.807, 2.05) is 12.1 Å². The predicted octanol–water partition coefficient (Wildman–Crippen LogP) is 4.77. The zero-order chi connectivity index (χ0) is 23.3. The lowest BCUT2D eigenvalue weighted by atomic mass is 10.0. The molecule has 34 heavy (non-hydrogen) atoms. The van der Waals surface area contributed by atoms with Crippen molar-refractivity contribution in [1.82, 2.24) is 14.8 Å². The van der Waals surface area contributed by atoms with E-state index in [0.29, 0.717) is 12.6 Å². The number of fused-ring (bicyclic) bond motifs is 3. The van der Waals surface area contributed by atoms with Crippen molar-refractivity contribution < 1.29 is 4.79 Å². The number of unbranched alkanes of at least 4 members (excludes halogenated alkanes) is 1. The Bertz CT molecular complexity index is 1090. The van der Waals surface area contributed by atoms with Crippen LogP contribution in [-0.4, -0.2) is 60.0 Å². The Labute approximate surface area is 202 Å². The van der Waals surface area contributed by atoms with Gasteiger partial charge in [-0.15, -0.1) is 0 Å². The third-order valence-electron chi connectivity index (χ3n) is 7.08. The lowest BCUT2D eigenvalue weighted by Gasteiger charge is -2.38. The number of amides is 1. The lowest BCUT2D eigenvalue weighted by molar-refractivity contribution is -0.114. The molecule has 174 valence electrons. The largest absolute Gasteiger partial charge is 0.307 e. The van der Waals surface area contributed by atoms with Gasteiger partial charge in [0, 0.05) is 38.9 Å². The van der Waals surface area contributed by atoms with Gasteiger partial charge in [-0.3, -0.25) is 14.7 Å². The summed E-state index contributed by atoms with van der Waals surface area (Å²) in [6.07, 6.45) is 6.86. The smallest absolute Gasteiger partial charge is 0.250 e. The van der Waals surface area contributed by atoms with Gasteiger partial charge in [0.15, 0.2) is 0 Å². The van der Waals surface area contributed by atoms with Gasteiger partial charge in [-0.25, -0.2) is 0 Å². The van der Waals surface area contributed by atoms with Crippen molar-refractivity contribution in [1.29, 1.82) is 0 Å². The average Bonchev–Trinajstić information content (AvgIpc) is 3.24. The highest BCUT2D eigenvalue weighted by Gasteiger charge is 2.33. The van der Waals surface area contributed by atoms with E-state index in [1.165, 1.54) is 28.3 Å². The summed E-state index contributed by atoms with van der Waals surface area (Å²) in [7, 11) is 0. The third kappa shape index (κ3) is 4.54. The van der Waals surface area contributed by atoms with Gasteiger partial charge in [0.25, 0.3) is 0 Å². The van der Waals surface area contributed by atoms with Gasteiger partial charge < -0.3 is 9.80 Å². The first kappa shape index (κ1) is 22.5. The van der Waals surface area contributed by atoms with Crippen LogP contribution in [0, 0.1) is 0 Å². The normalized spacial score (nSPS) is 16.1. The number of anilines is 1. The molecule has 2 heterocycles. The molecule has 0 spiro atoms. The van der Waals surface area contributed by atoms with Crippen LogP contribution >= 0.6 is 0 Å². The maximum atomic E-state index is 12.3. The minimum atomic E-state index is -0.0706. The molecule has 1 fully saturated rings. The Morgan fingerprint density at radius 1 is 0.941 bits per heavy atom. The summed E-state index contributed by atoms with van der Waals surface area (Å²) in [6, 6.07) is 21.9. The van der Waals surface area contributed by atoms with Gasteiger partial charge in [0.2, 0.25) is 5.91 Å². The van der Waals surface area contributed by atoms with E-state index in [4.69, 9.17) is 0 Å². The first-order valence-corrected chi connectivity index (χ1v) is 12.2. The van der Waals surface area contributed by atoms with E-state index in [0.717, 1.165) is 51.3 Å². The van der Waals surface area contributed by atoms with Crippen molar-refractivity contribution in [2.45, 2.75) is 18.9 Å². The van der Waals surface area contributed by atoms with Crippen molar-refractivity contribution in [3.05, 3.63) is 96.8 Å². The number of hydrogen-bond donors (Lipinski definition) is 0. The maximum Gasteiger partial charge on any atom is 0.250 e. The number of carbonyl (C=O) groups is 1. The number of benzene rings is 2. The highest BCUT2D eigenvalue weighted by Crippen LogP contribution is 2.46. The number of aromatic nitrogens is 1. The zero-order valence-electron chi connectivity index (χ0n) is 19.6. The van der Waals surface area contributed by atoms with E-state index in [1.54, 1.807) is 17.3 Å². The molecule has 2 aromatic carbocycles. The fourth-order valence-corrected chi connectivity index (χ4v) is 5.36. The fourth-order valence-electron chi connectivity index (χ4n) is 5.36. The Kier molecular flexibility index (Phi) is 6.84. The molecule has 0 unspecified atom stereocenters. The number of nitrogens with zero attached hydrogens (tertiary/aromatic N) is 4. The van der Waals surface area contributed by atoms with Crippen LogP contribution in [0.2, 0.25) is 0 Å². The van der Waals surface area contributed by atoms with Gasteiger partial charge in [-0.05, 0) is 59.8 Å². The third-order valence-corrected chi connectivity index (χ3v) is 7.08. The molecule has 1 aromatic heterocycles. The first-order chi connectivity index (χ1) is 16.8. The quantitative estimate of drug-likeness (QED) is 0.365. The van der Waals surface area contributed by atoms with Crippen LogP contribution in [-0.2, 0) is 4.79 Å². The molecule has 1 aliphatic heterocycles. The topological polar surface area (TPSA) is 39.7 Å². The Morgan fingerprint density at radius 2 is 1.62 bits per heavy atom. The number of rotatable bonds is 8. The molecule has 0 radical (unpaired) electrons. The average molecular weight is 453 g/mol. The maximum absolute atomic E-state index is 12.3. The van der Waals surface area contributed by atoms with E-state index in [-0.39, 0.29) is 5.91 Å². The molecule has 1 aliphatic carbocycles. The summed E-state index contributed by atoms with van der Waals surface area (Å²) in [5, 5.41) is 0. The molecule has 5 rings (SSSR count). The van der Waals surface area contributed by atoms with Crippen LogP contribution in [0.5, 0.6) is 0 Å². The number of piperazine rings is 1.